The summed E-state index contributed by atoms with van der Waals surface area (Å²) in [5.74, 6) is 0.485. The standard InChI is InChI=1S/C14H21N3/c1-9(2)12(15)7-17-8-16-13-5-10(3)11(4)6-14(13)17/h5-6,8-9,12H,7,15H2,1-4H3. The molecular formula is C14H21N3. The van der Waals surface area contributed by atoms with Gasteiger partial charge in [-0.15, -0.1) is 0 Å². The van der Waals surface area contributed by atoms with Crippen LogP contribution in [0, 0.1) is 19.8 Å². The van der Waals surface area contributed by atoms with Crippen LogP contribution in [0.5, 0.6) is 0 Å². The summed E-state index contributed by atoms with van der Waals surface area (Å²) >= 11 is 0. The number of fused-ring (bicyclic) bond motifs is 1. The Morgan fingerprint density at radius 2 is 1.88 bits per heavy atom. The third-order valence-electron chi connectivity index (χ3n) is 3.50. The molecule has 0 aliphatic carbocycles. The Morgan fingerprint density at radius 3 is 2.53 bits per heavy atom. The number of aromatic nitrogens is 2. The topological polar surface area (TPSA) is 43.8 Å². The number of nitrogens with two attached hydrogens (primary N) is 1. The van der Waals surface area contributed by atoms with E-state index < -0.39 is 0 Å². The highest BCUT2D eigenvalue weighted by Gasteiger charge is 2.11. The van der Waals surface area contributed by atoms with Gasteiger partial charge in [0.25, 0.3) is 0 Å². The molecule has 0 saturated carbocycles. The fraction of sp³-hybridized carbons (Fsp3) is 0.500. The van der Waals surface area contributed by atoms with Crippen molar-refractivity contribution in [3.05, 3.63) is 29.6 Å². The van der Waals surface area contributed by atoms with E-state index in [1.165, 1.54) is 16.6 Å². The van der Waals surface area contributed by atoms with E-state index in [0.717, 1.165) is 12.1 Å². The van der Waals surface area contributed by atoms with Crippen LogP contribution in [-0.4, -0.2) is 15.6 Å². The number of benzene rings is 1. The predicted octanol–water partition coefficient (Wildman–Crippen LogP) is 2.64. The monoisotopic (exact) mass is 231 g/mol. The molecule has 3 heteroatoms. The highest BCUT2D eigenvalue weighted by atomic mass is 15.1. The summed E-state index contributed by atoms with van der Waals surface area (Å²) in [5.41, 5.74) is 11.0. The lowest BCUT2D eigenvalue weighted by Gasteiger charge is -2.16. The molecule has 2 N–H and O–H groups in total. The fourth-order valence-electron chi connectivity index (χ4n) is 1.90. The number of hydrogen-bond donors (Lipinski definition) is 1. The van der Waals surface area contributed by atoms with Crippen LogP contribution in [0.3, 0.4) is 0 Å². The highest BCUT2D eigenvalue weighted by Crippen LogP contribution is 2.19. The molecule has 0 fully saturated rings. The summed E-state index contributed by atoms with van der Waals surface area (Å²) in [6.45, 7) is 9.39. The molecule has 17 heavy (non-hydrogen) atoms. The van der Waals surface area contributed by atoms with E-state index in [2.05, 4.69) is 49.4 Å². The first-order chi connectivity index (χ1) is 7.99. The first-order valence-corrected chi connectivity index (χ1v) is 6.16. The van der Waals surface area contributed by atoms with Crippen molar-refractivity contribution < 1.29 is 0 Å². The minimum Gasteiger partial charge on any atom is -0.329 e. The van der Waals surface area contributed by atoms with Gasteiger partial charge in [-0.1, -0.05) is 13.8 Å². The van der Waals surface area contributed by atoms with E-state index in [-0.39, 0.29) is 6.04 Å². The molecule has 0 aliphatic rings. The van der Waals surface area contributed by atoms with Gasteiger partial charge < -0.3 is 10.3 Å². The molecule has 1 aromatic heterocycles. The quantitative estimate of drug-likeness (QED) is 0.882. The van der Waals surface area contributed by atoms with E-state index in [4.69, 9.17) is 5.73 Å². The second-order valence-electron chi connectivity index (χ2n) is 5.23. The summed E-state index contributed by atoms with van der Waals surface area (Å²) in [6, 6.07) is 4.52. The Bertz CT molecular complexity index is 525. The summed E-state index contributed by atoms with van der Waals surface area (Å²) in [5, 5.41) is 0. The third-order valence-corrected chi connectivity index (χ3v) is 3.50. The van der Waals surface area contributed by atoms with Gasteiger partial charge in [0, 0.05) is 12.6 Å². The lowest BCUT2D eigenvalue weighted by Crippen LogP contribution is -2.31. The van der Waals surface area contributed by atoms with Gasteiger partial charge in [-0.2, -0.15) is 0 Å². The van der Waals surface area contributed by atoms with Crippen molar-refractivity contribution >= 4 is 11.0 Å². The van der Waals surface area contributed by atoms with Crippen LogP contribution < -0.4 is 5.73 Å². The molecule has 1 aromatic carbocycles. The van der Waals surface area contributed by atoms with Gasteiger partial charge in [0.05, 0.1) is 17.4 Å². The SMILES string of the molecule is Cc1cc2ncn(CC(N)C(C)C)c2cc1C. The maximum absolute atomic E-state index is 6.12. The number of hydrogen-bond acceptors (Lipinski definition) is 2. The first kappa shape index (κ1) is 12.1. The Labute approximate surface area is 103 Å². The van der Waals surface area contributed by atoms with Crippen LogP contribution in [0.25, 0.3) is 11.0 Å². The number of aryl methyl sites for hydroxylation is 2. The van der Waals surface area contributed by atoms with Crippen molar-refractivity contribution in [2.24, 2.45) is 11.7 Å². The molecule has 0 bridgehead atoms. The van der Waals surface area contributed by atoms with Gasteiger partial charge in [0.2, 0.25) is 0 Å². The molecule has 0 aliphatic heterocycles. The normalized spacial score (nSPS) is 13.5. The molecule has 0 saturated heterocycles. The van der Waals surface area contributed by atoms with Crippen molar-refractivity contribution in [1.29, 1.82) is 0 Å². The van der Waals surface area contributed by atoms with E-state index in [1.807, 2.05) is 6.33 Å². The van der Waals surface area contributed by atoms with Gasteiger partial charge in [-0.3, -0.25) is 0 Å². The first-order valence-electron chi connectivity index (χ1n) is 6.16. The van der Waals surface area contributed by atoms with Gasteiger partial charge in [-0.25, -0.2) is 4.98 Å². The molecule has 1 unspecified atom stereocenters. The van der Waals surface area contributed by atoms with Crippen LogP contribution in [-0.2, 0) is 6.54 Å². The fourth-order valence-corrected chi connectivity index (χ4v) is 1.90. The lowest BCUT2D eigenvalue weighted by atomic mass is 10.1. The molecule has 0 spiro atoms. The zero-order valence-electron chi connectivity index (χ0n) is 11.1. The number of imidazole rings is 1. The minimum absolute atomic E-state index is 0.175. The average Bonchev–Trinajstić information content (AvgIpc) is 2.62. The predicted molar refractivity (Wildman–Crippen MR) is 72.0 cm³/mol. The number of rotatable bonds is 3. The van der Waals surface area contributed by atoms with Gasteiger partial charge in [-0.05, 0) is 43.0 Å². The second kappa shape index (κ2) is 4.49. The molecule has 92 valence electrons. The largest absolute Gasteiger partial charge is 0.329 e. The smallest absolute Gasteiger partial charge is 0.0958 e. The van der Waals surface area contributed by atoms with E-state index in [1.54, 1.807) is 0 Å². The second-order valence-corrected chi connectivity index (χ2v) is 5.23. The minimum atomic E-state index is 0.175. The Balaban J connectivity index is 2.39. The summed E-state index contributed by atoms with van der Waals surface area (Å²) in [6.07, 6.45) is 1.89. The molecule has 1 heterocycles. The molecule has 0 amide bonds. The molecule has 1 atom stereocenters. The van der Waals surface area contributed by atoms with Gasteiger partial charge >= 0.3 is 0 Å². The van der Waals surface area contributed by atoms with Crippen molar-refractivity contribution in [3.8, 4) is 0 Å². The zero-order chi connectivity index (χ0) is 12.6. The molecular weight excluding hydrogens is 210 g/mol. The van der Waals surface area contributed by atoms with Gasteiger partial charge in [0.1, 0.15) is 0 Å². The Kier molecular flexibility index (Phi) is 3.20. The van der Waals surface area contributed by atoms with E-state index >= 15 is 0 Å². The van der Waals surface area contributed by atoms with Crippen LogP contribution in [0.15, 0.2) is 18.5 Å². The van der Waals surface area contributed by atoms with Crippen molar-refractivity contribution in [2.45, 2.75) is 40.3 Å². The average molecular weight is 231 g/mol. The van der Waals surface area contributed by atoms with Crippen molar-refractivity contribution in [2.75, 3.05) is 0 Å². The molecule has 3 nitrogen and oxygen atoms in total. The number of nitrogens with zero attached hydrogens (tertiary/aromatic N) is 2. The third kappa shape index (κ3) is 2.34. The van der Waals surface area contributed by atoms with Crippen molar-refractivity contribution in [3.63, 3.8) is 0 Å². The van der Waals surface area contributed by atoms with Crippen LogP contribution >= 0.6 is 0 Å². The maximum Gasteiger partial charge on any atom is 0.0958 e. The Hall–Kier alpha value is -1.35. The molecule has 2 rings (SSSR count). The van der Waals surface area contributed by atoms with Crippen LogP contribution in [0.2, 0.25) is 0 Å². The lowest BCUT2D eigenvalue weighted by molar-refractivity contribution is 0.438. The summed E-state index contributed by atoms with van der Waals surface area (Å²) in [4.78, 5) is 4.44. The Morgan fingerprint density at radius 1 is 1.24 bits per heavy atom. The molecule has 0 radical (unpaired) electrons. The van der Waals surface area contributed by atoms with Crippen molar-refractivity contribution in [1.82, 2.24) is 9.55 Å². The van der Waals surface area contributed by atoms with Crippen LogP contribution in [0.1, 0.15) is 25.0 Å². The summed E-state index contributed by atoms with van der Waals surface area (Å²) < 4.78 is 2.16. The highest BCUT2D eigenvalue weighted by molar-refractivity contribution is 5.77. The van der Waals surface area contributed by atoms with E-state index in [9.17, 15) is 0 Å². The van der Waals surface area contributed by atoms with E-state index in [0.29, 0.717) is 5.92 Å². The van der Waals surface area contributed by atoms with Crippen LogP contribution in [0.4, 0.5) is 0 Å². The van der Waals surface area contributed by atoms with Gasteiger partial charge in [0.15, 0.2) is 0 Å². The maximum atomic E-state index is 6.12. The summed E-state index contributed by atoms with van der Waals surface area (Å²) in [7, 11) is 0. The zero-order valence-corrected chi connectivity index (χ0v) is 11.1. The molecule has 2 aromatic rings.